The Morgan fingerprint density at radius 2 is 2.00 bits per heavy atom. The van der Waals surface area contributed by atoms with Crippen LogP contribution < -0.4 is 5.32 Å². The highest BCUT2D eigenvalue weighted by Crippen LogP contribution is 2.20. The number of halogens is 1. The van der Waals surface area contributed by atoms with E-state index in [1.54, 1.807) is 35.4 Å². The second-order valence-electron chi connectivity index (χ2n) is 6.14. The molecule has 1 aromatic heterocycles. The molecule has 0 radical (unpaired) electrons. The first-order valence-corrected chi connectivity index (χ1v) is 8.74. The number of nitrogens with zero attached hydrogens (tertiary/aromatic N) is 2. The molecule has 1 saturated heterocycles. The predicted octanol–water partition coefficient (Wildman–Crippen LogP) is 2.90. The average Bonchev–Trinajstić information content (AvgIpc) is 2.67. The van der Waals surface area contributed by atoms with Gasteiger partial charge in [0, 0.05) is 29.9 Å². The van der Waals surface area contributed by atoms with Crippen molar-refractivity contribution in [2.24, 2.45) is 5.92 Å². The molecule has 0 spiro atoms. The minimum atomic E-state index is -0.186. The molecule has 3 rings (SSSR count). The van der Waals surface area contributed by atoms with E-state index < -0.39 is 0 Å². The first-order valence-electron chi connectivity index (χ1n) is 8.36. The fraction of sp³-hybridized carbons (Fsp3) is 0.316. The number of likely N-dealkylation sites (tertiary alicyclic amines) is 1. The zero-order valence-electron chi connectivity index (χ0n) is 13.8. The lowest BCUT2D eigenvalue weighted by molar-refractivity contribution is -0.126. The van der Waals surface area contributed by atoms with E-state index >= 15 is 0 Å². The summed E-state index contributed by atoms with van der Waals surface area (Å²) in [6, 6.07) is 12.4. The summed E-state index contributed by atoms with van der Waals surface area (Å²) < 4.78 is 0. The summed E-state index contributed by atoms with van der Waals surface area (Å²) in [5.41, 5.74) is 1.42. The normalized spacial score (nSPS) is 17.2. The minimum Gasteiger partial charge on any atom is -0.350 e. The summed E-state index contributed by atoms with van der Waals surface area (Å²) in [5.74, 6) is -0.271. The first-order chi connectivity index (χ1) is 12.1. The Labute approximate surface area is 152 Å². The topological polar surface area (TPSA) is 62.3 Å². The summed E-state index contributed by atoms with van der Waals surface area (Å²) in [4.78, 5) is 31.0. The van der Waals surface area contributed by atoms with Crippen LogP contribution in [-0.4, -0.2) is 34.8 Å². The molecule has 25 heavy (non-hydrogen) atoms. The lowest BCUT2D eigenvalue weighted by atomic mass is 9.96. The van der Waals surface area contributed by atoms with E-state index in [1.165, 1.54) is 0 Å². The third kappa shape index (κ3) is 4.57. The van der Waals surface area contributed by atoms with Crippen molar-refractivity contribution in [3.05, 3.63) is 64.9 Å². The number of rotatable bonds is 4. The van der Waals surface area contributed by atoms with Gasteiger partial charge in [0.2, 0.25) is 5.91 Å². The van der Waals surface area contributed by atoms with Gasteiger partial charge in [0.1, 0.15) is 0 Å². The molecule has 0 bridgehead atoms. The maximum Gasteiger partial charge on any atom is 0.253 e. The summed E-state index contributed by atoms with van der Waals surface area (Å²) in [6.45, 7) is 1.52. The first kappa shape index (κ1) is 17.4. The van der Waals surface area contributed by atoms with Crippen LogP contribution in [0.3, 0.4) is 0 Å². The third-order valence-corrected chi connectivity index (χ3v) is 4.59. The van der Waals surface area contributed by atoms with E-state index in [1.807, 2.05) is 18.2 Å². The van der Waals surface area contributed by atoms with Crippen LogP contribution in [0.4, 0.5) is 0 Å². The van der Waals surface area contributed by atoms with Crippen molar-refractivity contribution in [1.82, 2.24) is 15.2 Å². The Bertz CT molecular complexity index is 734. The third-order valence-electron chi connectivity index (χ3n) is 4.34. The van der Waals surface area contributed by atoms with Crippen LogP contribution in [0.5, 0.6) is 0 Å². The molecular weight excluding hydrogens is 338 g/mol. The minimum absolute atomic E-state index is 0.0285. The largest absolute Gasteiger partial charge is 0.350 e. The van der Waals surface area contributed by atoms with Gasteiger partial charge in [-0.1, -0.05) is 17.7 Å². The molecular formula is C19H20ClN3O2. The Kier molecular flexibility index (Phi) is 5.66. The zero-order chi connectivity index (χ0) is 17.6. The summed E-state index contributed by atoms with van der Waals surface area (Å²) in [6.07, 6.45) is 3.31. The van der Waals surface area contributed by atoms with Crippen LogP contribution >= 0.6 is 11.6 Å². The smallest absolute Gasteiger partial charge is 0.253 e. The van der Waals surface area contributed by atoms with Gasteiger partial charge >= 0.3 is 0 Å². The molecule has 0 saturated carbocycles. The van der Waals surface area contributed by atoms with Crippen molar-refractivity contribution < 1.29 is 9.59 Å². The summed E-state index contributed by atoms with van der Waals surface area (Å²) in [7, 11) is 0. The number of amides is 2. The van der Waals surface area contributed by atoms with E-state index in [2.05, 4.69) is 10.3 Å². The van der Waals surface area contributed by atoms with Crippen LogP contribution in [0.2, 0.25) is 5.02 Å². The Hall–Kier alpha value is -2.40. The molecule has 1 N–H and O–H groups in total. The molecule has 1 atom stereocenters. The predicted molar refractivity (Wildman–Crippen MR) is 96.2 cm³/mol. The van der Waals surface area contributed by atoms with Crippen LogP contribution in [0, 0.1) is 5.92 Å². The highest BCUT2D eigenvalue weighted by atomic mass is 35.5. The average molecular weight is 358 g/mol. The number of benzene rings is 1. The fourth-order valence-electron chi connectivity index (χ4n) is 2.98. The fourth-order valence-corrected chi connectivity index (χ4v) is 3.10. The molecule has 130 valence electrons. The lowest BCUT2D eigenvalue weighted by Gasteiger charge is -2.32. The van der Waals surface area contributed by atoms with E-state index in [0.717, 1.165) is 18.5 Å². The number of pyridine rings is 1. The van der Waals surface area contributed by atoms with Crippen LogP contribution in [0.25, 0.3) is 0 Å². The van der Waals surface area contributed by atoms with Gasteiger partial charge in [0.15, 0.2) is 0 Å². The quantitative estimate of drug-likeness (QED) is 0.915. The van der Waals surface area contributed by atoms with Crippen molar-refractivity contribution in [3.63, 3.8) is 0 Å². The van der Waals surface area contributed by atoms with Gasteiger partial charge in [0.25, 0.3) is 5.91 Å². The molecule has 2 amide bonds. The Morgan fingerprint density at radius 3 is 2.72 bits per heavy atom. The molecule has 2 heterocycles. The van der Waals surface area contributed by atoms with Crippen LogP contribution in [0.15, 0.2) is 48.7 Å². The number of piperidine rings is 1. The van der Waals surface area contributed by atoms with Crippen molar-refractivity contribution >= 4 is 23.4 Å². The zero-order valence-corrected chi connectivity index (χ0v) is 14.6. The number of nitrogens with one attached hydrogen (secondary N) is 1. The lowest BCUT2D eigenvalue weighted by Crippen LogP contribution is -2.45. The molecule has 1 aromatic carbocycles. The molecule has 5 nitrogen and oxygen atoms in total. The molecule has 2 aromatic rings. The van der Waals surface area contributed by atoms with E-state index in [-0.39, 0.29) is 17.7 Å². The number of carbonyl (C=O) groups excluding carboxylic acids is 2. The molecule has 1 fully saturated rings. The second-order valence-corrected chi connectivity index (χ2v) is 6.57. The van der Waals surface area contributed by atoms with Crippen LogP contribution in [-0.2, 0) is 11.3 Å². The van der Waals surface area contributed by atoms with Gasteiger partial charge in [-0.2, -0.15) is 0 Å². The van der Waals surface area contributed by atoms with Crippen molar-refractivity contribution in [1.29, 1.82) is 0 Å². The summed E-state index contributed by atoms with van der Waals surface area (Å²) >= 11 is 5.87. The number of carbonyl (C=O) groups is 2. The molecule has 6 heteroatoms. The maximum atomic E-state index is 12.6. The molecule has 1 unspecified atom stereocenters. The van der Waals surface area contributed by atoms with Gasteiger partial charge < -0.3 is 10.2 Å². The number of hydrogen-bond acceptors (Lipinski definition) is 3. The number of aromatic nitrogens is 1. The summed E-state index contributed by atoms with van der Waals surface area (Å²) in [5, 5.41) is 3.52. The maximum absolute atomic E-state index is 12.6. The highest BCUT2D eigenvalue weighted by molar-refractivity contribution is 6.30. The van der Waals surface area contributed by atoms with Gasteiger partial charge in [-0.15, -0.1) is 0 Å². The van der Waals surface area contributed by atoms with E-state index in [0.29, 0.717) is 30.2 Å². The molecule has 0 aliphatic carbocycles. The van der Waals surface area contributed by atoms with Crippen molar-refractivity contribution in [2.45, 2.75) is 19.4 Å². The van der Waals surface area contributed by atoms with Crippen molar-refractivity contribution in [2.75, 3.05) is 13.1 Å². The Balaban J connectivity index is 1.57. The standard InChI is InChI=1S/C19H20ClN3O2/c20-16-8-6-14(7-9-16)19(25)23-11-3-4-15(13-23)18(24)22-12-17-5-1-2-10-21-17/h1-2,5-10,15H,3-4,11-13H2,(H,22,24). The van der Waals surface area contributed by atoms with Gasteiger partial charge in [-0.05, 0) is 49.2 Å². The SMILES string of the molecule is O=C(NCc1ccccn1)C1CCCN(C(=O)c2ccc(Cl)cc2)C1. The van der Waals surface area contributed by atoms with Gasteiger partial charge in [-0.3, -0.25) is 14.6 Å². The van der Waals surface area contributed by atoms with Crippen LogP contribution in [0.1, 0.15) is 28.9 Å². The monoisotopic (exact) mass is 357 g/mol. The number of hydrogen-bond donors (Lipinski definition) is 1. The van der Waals surface area contributed by atoms with Gasteiger partial charge in [0.05, 0.1) is 18.2 Å². The van der Waals surface area contributed by atoms with Crippen molar-refractivity contribution in [3.8, 4) is 0 Å². The molecule has 1 aliphatic heterocycles. The molecule has 1 aliphatic rings. The van der Waals surface area contributed by atoms with E-state index in [9.17, 15) is 9.59 Å². The Morgan fingerprint density at radius 1 is 1.20 bits per heavy atom. The second kappa shape index (κ2) is 8.12. The highest BCUT2D eigenvalue weighted by Gasteiger charge is 2.28. The van der Waals surface area contributed by atoms with E-state index in [4.69, 9.17) is 11.6 Å². The van der Waals surface area contributed by atoms with Gasteiger partial charge in [-0.25, -0.2) is 0 Å².